The summed E-state index contributed by atoms with van der Waals surface area (Å²) in [4.78, 5) is 16.7. The molecule has 0 aromatic carbocycles. The lowest BCUT2D eigenvalue weighted by Gasteiger charge is -2.35. The molecular formula is C12H16N2O4S2. The van der Waals surface area contributed by atoms with Crippen molar-refractivity contribution >= 4 is 33.4 Å². The second-order valence-corrected chi connectivity index (χ2v) is 7.96. The Morgan fingerprint density at radius 2 is 2.30 bits per heavy atom. The van der Waals surface area contributed by atoms with Gasteiger partial charge in [-0.25, -0.2) is 18.2 Å². The maximum Gasteiger partial charge on any atom is 0.354 e. The number of carboxylic acids is 1. The summed E-state index contributed by atoms with van der Waals surface area (Å²) in [6.07, 6.45) is 0. The molecule has 1 atom stereocenters. The molecule has 1 saturated heterocycles. The molecule has 0 bridgehead atoms. The van der Waals surface area contributed by atoms with E-state index in [0.717, 1.165) is 5.75 Å². The molecule has 0 saturated carbocycles. The van der Waals surface area contributed by atoms with E-state index < -0.39 is 21.2 Å². The first-order valence-electron chi connectivity index (χ1n) is 6.22. The highest BCUT2D eigenvalue weighted by molar-refractivity contribution is 8.01. The fourth-order valence-electron chi connectivity index (χ4n) is 2.04. The van der Waals surface area contributed by atoms with Crippen LogP contribution in [0.4, 0.5) is 5.82 Å². The standard InChI is InChI=1S/C12H16N2O4S2/c1-2-20(17,18)11-8-19-7-6-14(11)10-5-3-4-9(13-10)12(15)16/h3-5,11H,2,6-8H2,1H3,(H,15,16). The van der Waals surface area contributed by atoms with Crippen LogP contribution in [-0.4, -0.2) is 53.7 Å². The summed E-state index contributed by atoms with van der Waals surface area (Å²) < 4.78 is 24.3. The van der Waals surface area contributed by atoms with Crippen LogP contribution in [-0.2, 0) is 9.84 Å². The van der Waals surface area contributed by atoms with E-state index >= 15 is 0 Å². The van der Waals surface area contributed by atoms with E-state index in [0.29, 0.717) is 18.1 Å². The summed E-state index contributed by atoms with van der Waals surface area (Å²) in [6.45, 7) is 2.17. The van der Waals surface area contributed by atoms with Crippen LogP contribution in [0.25, 0.3) is 0 Å². The maximum atomic E-state index is 12.2. The number of pyridine rings is 1. The van der Waals surface area contributed by atoms with Crippen molar-refractivity contribution in [2.75, 3.05) is 28.7 Å². The van der Waals surface area contributed by atoms with Crippen molar-refractivity contribution in [3.8, 4) is 0 Å². The van der Waals surface area contributed by atoms with Gasteiger partial charge in [-0.3, -0.25) is 0 Å². The molecule has 8 heteroatoms. The quantitative estimate of drug-likeness (QED) is 0.889. The topological polar surface area (TPSA) is 87.6 Å². The van der Waals surface area contributed by atoms with E-state index in [1.54, 1.807) is 35.7 Å². The van der Waals surface area contributed by atoms with Gasteiger partial charge in [0.05, 0.1) is 0 Å². The molecule has 1 aromatic rings. The van der Waals surface area contributed by atoms with E-state index in [2.05, 4.69) is 4.98 Å². The Morgan fingerprint density at radius 3 is 2.95 bits per heavy atom. The van der Waals surface area contributed by atoms with E-state index in [9.17, 15) is 13.2 Å². The van der Waals surface area contributed by atoms with Crippen LogP contribution < -0.4 is 4.90 Å². The van der Waals surface area contributed by atoms with Gasteiger partial charge >= 0.3 is 5.97 Å². The molecule has 1 N–H and O–H groups in total. The minimum Gasteiger partial charge on any atom is -0.477 e. The molecule has 0 radical (unpaired) electrons. The Hall–Kier alpha value is -1.28. The number of carboxylic acid groups (broad SMARTS) is 1. The summed E-state index contributed by atoms with van der Waals surface area (Å²) in [5.74, 6) is 0.636. The van der Waals surface area contributed by atoms with Gasteiger partial charge in [0, 0.05) is 23.8 Å². The first-order valence-corrected chi connectivity index (χ1v) is 9.09. The zero-order valence-corrected chi connectivity index (χ0v) is 12.7. The SMILES string of the molecule is CCS(=O)(=O)C1CSCCN1c1cccc(C(=O)O)n1. The molecule has 1 aliphatic heterocycles. The van der Waals surface area contributed by atoms with Crippen LogP contribution in [0.15, 0.2) is 18.2 Å². The maximum absolute atomic E-state index is 12.2. The van der Waals surface area contributed by atoms with Crippen LogP contribution in [0.3, 0.4) is 0 Å². The zero-order valence-electron chi connectivity index (χ0n) is 11.0. The van der Waals surface area contributed by atoms with Crippen molar-refractivity contribution in [3.63, 3.8) is 0 Å². The van der Waals surface area contributed by atoms with Crippen LogP contribution >= 0.6 is 11.8 Å². The Kier molecular flexibility index (Phi) is 4.54. The highest BCUT2D eigenvalue weighted by atomic mass is 32.2. The van der Waals surface area contributed by atoms with Crippen LogP contribution in [0.5, 0.6) is 0 Å². The number of thioether (sulfide) groups is 1. The molecule has 2 heterocycles. The molecule has 0 spiro atoms. The van der Waals surface area contributed by atoms with Crippen molar-refractivity contribution in [1.82, 2.24) is 4.98 Å². The van der Waals surface area contributed by atoms with Crippen molar-refractivity contribution in [2.24, 2.45) is 0 Å². The summed E-state index contributed by atoms with van der Waals surface area (Å²) >= 11 is 1.59. The number of nitrogens with zero attached hydrogens (tertiary/aromatic N) is 2. The van der Waals surface area contributed by atoms with Gasteiger partial charge in [0.25, 0.3) is 0 Å². The average molecular weight is 316 g/mol. The first-order chi connectivity index (χ1) is 9.45. The van der Waals surface area contributed by atoms with Gasteiger partial charge in [0.2, 0.25) is 0 Å². The monoisotopic (exact) mass is 316 g/mol. The third-order valence-electron chi connectivity index (χ3n) is 3.15. The molecule has 1 fully saturated rings. The Morgan fingerprint density at radius 1 is 1.55 bits per heavy atom. The highest BCUT2D eigenvalue weighted by Gasteiger charge is 2.33. The second kappa shape index (κ2) is 6.01. The van der Waals surface area contributed by atoms with Gasteiger partial charge in [0.15, 0.2) is 15.5 Å². The third-order valence-corrected chi connectivity index (χ3v) is 6.44. The van der Waals surface area contributed by atoms with Gasteiger partial charge in [-0.15, -0.1) is 0 Å². The molecular weight excluding hydrogens is 300 g/mol. The number of carbonyl (C=O) groups is 1. The zero-order chi connectivity index (χ0) is 14.8. The van der Waals surface area contributed by atoms with Crippen molar-refractivity contribution in [1.29, 1.82) is 0 Å². The number of anilines is 1. The highest BCUT2D eigenvalue weighted by Crippen LogP contribution is 2.26. The lowest BCUT2D eigenvalue weighted by Crippen LogP contribution is -2.48. The fraction of sp³-hybridized carbons (Fsp3) is 0.500. The minimum absolute atomic E-state index is 0.0628. The van der Waals surface area contributed by atoms with Gasteiger partial charge in [0.1, 0.15) is 11.2 Å². The molecule has 0 amide bonds. The fourth-order valence-corrected chi connectivity index (χ4v) is 5.01. The average Bonchev–Trinajstić information content (AvgIpc) is 2.47. The Balaban J connectivity index is 2.38. The second-order valence-electron chi connectivity index (χ2n) is 4.36. The number of hydrogen-bond donors (Lipinski definition) is 1. The van der Waals surface area contributed by atoms with Gasteiger partial charge in [-0.1, -0.05) is 13.0 Å². The number of aromatic nitrogens is 1. The van der Waals surface area contributed by atoms with Crippen molar-refractivity contribution in [2.45, 2.75) is 12.3 Å². The molecule has 6 nitrogen and oxygen atoms in total. The minimum atomic E-state index is -3.23. The molecule has 1 unspecified atom stereocenters. The Bertz CT molecular complexity index is 603. The summed E-state index contributed by atoms with van der Waals surface area (Å²) in [5.41, 5.74) is -0.0756. The molecule has 110 valence electrons. The summed E-state index contributed by atoms with van der Waals surface area (Å²) in [6, 6.07) is 4.64. The number of hydrogen-bond acceptors (Lipinski definition) is 6. The predicted molar refractivity (Wildman–Crippen MR) is 79.1 cm³/mol. The van der Waals surface area contributed by atoms with Crippen molar-refractivity contribution < 1.29 is 18.3 Å². The summed E-state index contributed by atoms with van der Waals surface area (Å²) in [5, 5.41) is 8.34. The lowest BCUT2D eigenvalue weighted by molar-refractivity contribution is 0.0690. The van der Waals surface area contributed by atoms with Crippen molar-refractivity contribution in [3.05, 3.63) is 23.9 Å². The normalized spacial score (nSPS) is 19.9. The van der Waals surface area contributed by atoms with Crippen LogP contribution in [0.2, 0.25) is 0 Å². The number of sulfone groups is 1. The van der Waals surface area contributed by atoms with Crippen LogP contribution in [0.1, 0.15) is 17.4 Å². The summed E-state index contributed by atoms with van der Waals surface area (Å²) in [7, 11) is -3.23. The Labute approximate surface area is 122 Å². The molecule has 1 aliphatic rings. The first kappa shape index (κ1) is 15.1. The van der Waals surface area contributed by atoms with Gasteiger partial charge in [-0.2, -0.15) is 11.8 Å². The predicted octanol–water partition coefficient (Wildman–Crippen LogP) is 1.09. The lowest BCUT2D eigenvalue weighted by atomic mass is 10.3. The molecule has 20 heavy (non-hydrogen) atoms. The van der Waals surface area contributed by atoms with E-state index in [-0.39, 0.29) is 11.4 Å². The van der Waals surface area contributed by atoms with Gasteiger partial charge < -0.3 is 10.0 Å². The van der Waals surface area contributed by atoms with E-state index in [1.165, 1.54) is 6.07 Å². The van der Waals surface area contributed by atoms with E-state index in [4.69, 9.17) is 5.11 Å². The van der Waals surface area contributed by atoms with Crippen LogP contribution in [0, 0.1) is 0 Å². The van der Waals surface area contributed by atoms with E-state index in [1.807, 2.05) is 0 Å². The molecule has 1 aromatic heterocycles. The molecule has 2 rings (SSSR count). The number of rotatable bonds is 4. The number of aromatic carboxylic acids is 1. The van der Waals surface area contributed by atoms with Gasteiger partial charge in [-0.05, 0) is 12.1 Å². The smallest absolute Gasteiger partial charge is 0.354 e. The third kappa shape index (κ3) is 3.06. The largest absolute Gasteiger partial charge is 0.477 e. The molecule has 0 aliphatic carbocycles.